The van der Waals surface area contributed by atoms with Crippen molar-refractivity contribution in [3.63, 3.8) is 0 Å². The number of pyridine rings is 1. The third kappa shape index (κ3) is 3.20. The van der Waals surface area contributed by atoms with Crippen LogP contribution in [-0.4, -0.2) is 42.1 Å². The Hall–Kier alpha value is -2.40. The summed E-state index contributed by atoms with van der Waals surface area (Å²) in [6, 6.07) is 11.7. The van der Waals surface area contributed by atoms with E-state index < -0.39 is 0 Å². The van der Waals surface area contributed by atoms with Crippen LogP contribution in [0.15, 0.2) is 48.8 Å². The number of benzene rings is 1. The molecule has 2 heterocycles. The molecular weight excluding hydrogens is 264 g/mol. The van der Waals surface area contributed by atoms with E-state index in [-0.39, 0.29) is 6.03 Å². The van der Waals surface area contributed by atoms with Gasteiger partial charge >= 0.3 is 6.03 Å². The van der Waals surface area contributed by atoms with Crippen LogP contribution in [0.5, 0.6) is 0 Å². The molecule has 1 saturated heterocycles. The molecule has 0 bridgehead atoms. The molecule has 0 aliphatic carbocycles. The third-order valence-electron chi connectivity index (χ3n) is 3.55. The van der Waals surface area contributed by atoms with E-state index in [2.05, 4.69) is 15.6 Å². The first kappa shape index (κ1) is 13.6. The number of hydrogen-bond donors (Lipinski definition) is 2. The van der Waals surface area contributed by atoms with Gasteiger partial charge in [0.1, 0.15) is 0 Å². The Bertz CT molecular complexity index is 609. The van der Waals surface area contributed by atoms with Gasteiger partial charge in [-0.05, 0) is 11.6 Å². The molecule has 1 aliphatic heterocycles. The SMILES string of the molecule is O=C(Nc1ccncc1-c1ccccc1)N1CCNCC1. The largest absolute Gasteiger partial charge is 0.322 e. The minimum Gasteiger partial charge on any atom is -0.322 e. The van der Waals surface area contributed by atoms with Crippen molar-refractivity contribution >= 4 is 11.7 Å². The summed E-state index contributed by atoms with van der Waals surface area (Å²) in [5.74, 6) is 0. The van der Waals surface area contributed by atoms with E-state index in [4.69, 9.17) is 0 Å². The minimum atomic E-state index is -0.0557. The summed E-state index contributed by atoms with van der Waals surface area (Å²) < 4.78 is 0. The lowest BCUT2D eigenvalue weighted by atomic mass is 10.1. The molecule has 5 nitrogen and oxygen atoms in total. The van der Waals surface area contributed by atoms with Gasteiger partial charge in [-0.2, -0.15) is 0 Å². The van der Waals surface area contributed by atoms with Gasteiger partial charge in [0.15, 0.2) is 0 Å². The van der Waals surface area contributed by atoms with Crippen LogP contribution in [-0.2, 0) is 0 Å². The first-order valence-electron chi connectivity index (χ1n) is 7.11. The highest BCUT2D eigenvalue weighted by molar-refractivity contribution is 5.94. The fourth-order valence-electron chi connectivity index (χ4n) is 2.41. The van der Waals surface area contributed by atoms with Crippen molar-refractivity contribution in [2.24, 2.45) is 0 Å². The lowest BCUT2D eigenvalue weighted by Gasteiger charge is -2.27. The number of hydrogen-bond acceptors (Lipinski definition) is 3. The smallest absolute Gasteiger partial charge is 0.321 e. The number of amides is 2. The van der Waals surface area contributed by atoms with Gasteiger partial charge in [0.2, 0.25) is 0 Å². The Morgan fingerprint density at radius 1 is 1.14 bits per heavy atom. The molecule has 0 spiro atoms. The Morgan fingerprint density at radius 2 is 1.90 bits per heavy atom. The van der Waals surface area contributed by atoms with Crippen molar-refractivity contribution in [2.45, 2.75) is 0 Å². The molecule has 0 radical (unpaired) electrons. The molecule has 3 rings (SSSR count). The highest BCUT2D eigenvalue weighted by Crippen LogP contribution is 2.26. The molecule has 0 unspecified atom stereocenters. The maximum absolute atomic E-state index is 12.3. The van der Waals surface area contributed by atoms with Gasteiger partial charge < -0.3 is 15.5 Å². The van der Waals surface area contributed by atoms with Crippen LogP contribution in [0.2, 0.25) is 0 Å². The quantitative estimate of drug-likeness (QED) is 0.887. The highest BCUT2D eigenvalue weighted by Gasteiger charge is 2.17. The van der Waals surface area contributed by atoms with E-state index in [0.717, 1.165) is 43.0 Å². The number of urea groups is 1. The molecule has 2 aromatic rings. The molecule has 21 heavy (non-hydrogen) atoms. The second-order valence-corrected chi connectivity index (χ2v) is 4.95. The topological polar surface area (TPSA) is 57.3 Å². The number of nitrogens with one attached hydrogen (secondary N) is 2. The summed E-state index contributed by atoms with van der Waals surface area (Å²) in [6.45, 7) is 3.15. The predicted octanol–water partition coefficient (Wildman–Crippen LogP) is 2.19. The van der Waals surface area contributed by atoms with E-state index in [0.29, 0.717) is 0 Å². The normalized spacial score (nSPS) is 14.8. The first-order valence-corrected chi connectivity index (χ1v) is 7.11. The summed E-state index contributed by atoms with van der Waals surface area (Å²) in [5, 5.41) is 6.24. The number of anilines is 1. The zero-order chi connectivity index (χ0) is 14.5. The number of rotatable bonds is 2. The summed E-state index contributed by atoms with van der Waals surface area (Å²) in [5.41, 5.74) is 2.77. The van der Waals surface area contributed by atoms with E-state index in [1.165, 1.54) is 0 Å². The highest BCUT2D eigenvalue weighted by atomic mass is 16.2. The van der Waals surface area contributed by atoms with Crippen molar-refractivity contribution in [1.82, 2.24) is 15.2 Å². The zero-order valence-electron chi connectivity index (χ0n) is 11.7. The average molecular weight is 282 g/mol. The van der Waals surface area contributed by atoms with Crippen molar-refractivity contribution in [1.29, 1.82) is 0 Å². The summed E-state index contributed by atoms with van der Waals surface area (Å²) in [7, 11) is 0. The van der Waals surface area contributed by atoms with E-state index >= 15 is 0 Å². The molecule has 108 valence electrons. The first-order chi connectivity index (χ1) is 10.3. The Balaban J connectivity index is 1.81. The van der Waals surface area contributed by atoms with E-state index in [9.17, 15) is 4.79 Å². The monoisotopic (exact) mass is 282 g/mol. The van der Waals surface area contributed by atoms with Gasteiger partial charge in [0, 0.05) is 44.1 Å². The number of carbonyl (C=O) groups is 1. The van der Waals surface area contributed by atoms with Crippen LogP contribution in [0.25, 0.3) is 11.1 Å². The number of piperazine rings is 1. The maximum atomic E-state index is 12.3. The second-order valence-electron chi connectivity index (χ2n) is 4.95. The molecule has 1 aromatic carbocycles. The lowest BCUT2D eigenvalue weighted by molar-refractivity contribution is 0.204. The van der Waals surface area contributed by atoms with Crippen molar-refractivity contribution in [3.05, 3.63) is 48.8 Å². The Kier molecular flexibility index (Phi) is 4.12. The van der Waals surface area contributed by atoms with Gasteiger partial charge in [-0.3, -0.25) is 4.98 Å². The molecule has 5 heteroatoms. The van der Waals surface area contributed by atoms with Crippen LogP contribution in [0.4, 0.5) is 10.5 Å². The van der Waals surface area contributed by atoms with Crippen molar-refractivity contribution < 1.29 is 4.79 Å². The molecule has 2 amide bonds. The molecule has 1 aliphatic rings. The van der Waals surface area contributed by atoms with Crippen molar-refractivity contribution in [2.75, 3.05) is 31.5 Å². The van der Waals surface area contributed by atoms with Gasteiger partial charge in [0.05, 0.1) is 5.69 Å². The standard InChI is InChI=1S/C16H18N4O/c21-16(20-10-8-17-9-11-20)19-15-6-7-18-12-14(15)13-4-2-1-3-5-13/h1-7,12,17H,8-11H2,(H,18,19,21). The minimum absolute atomic E-state index is 0.0557. The van der Waals surface area contributed by atoms with Crippen LogP contribution in [0.1, 0.15) is 0 Å². The maximum Gasteiger partial charge on any atom is 0.321 e. The van der Waals surface area contributed by atoms with Gasteiger partial charge in [0.25, 0.3) is 0 Å². The average Bonchev–Trinajstić information content (AvgIpc) is 2.57. The molecule has 2 N–H and O–H groups in total. The zero-order valence-corrected chi connectivity index (χ0v) is 11.7. The Labute approximate surface area is 124 Å². The Morgan fingerprint density at radius 3 is 2.67 bits per heavy atom. The lowest BCUT2D eigenvalue weighted by Crippen LogP contribution is -2.48. The number of nitrogens with zero attached hydrogens (tertiary/aromatic N) is 2. The van der Waals surface area contributed by atoms with Crippen LogP contribution < -0.4 is 10.6 Å². The number of carbonyl (C=O) groups excluding carboxylic acids is 1. The predicted molar refractivity (Wildman–Crippen MR) is 83.1 cm³/mol. The van der Waals surface area contributed by atoms with Gasteiger partial charge in [-0.1, -0.05) is 30.3 Å². The van der Waals surface area contributed by atoms with Crippen LogP contribution in [0.3, 0.4) is 0 Å². The summed E-state index contributed by atoms with van der Waals surface area (Å²) >= 11 is 0. The van der Waals surface area contributed by atoms with Gasteiger partial charge in [-0.15, -0.1) is 0 Å². The number of aromatic nitrogens is 1. The molecule has 0 atom stereocenters. The van der Waals surface area contributed by atoms with Crippen molar-refractivity contribution in [3.8, 4) is 11.1 Å². The van der Waals surface area contributed by atoms with Gasteiger partial charge in [-0.25, -0.2) is 4.79 Å². The molecular formula is C16H18N4O. The van der Waals surface area contributed by atoms with E-state index in [1.54, 1.807) is 12.4 Å². The third-order valence-corrected chi connectivity index (χ3v) is 3.55. The van der Waals surface area contributed by atoms with E-state index in [1.807, 2.05) is 41.3 Å². The summed E-state index contributed by atoms with van der Waals surface area (Å²) in [4.78, 5) is 18.3. The molecule has 0 saturated carbocycles. The fraction of sp³-hybridized carbons (Fsp3) is 0.250. The molecule has 1 aromatic heterocycles. The van der Waals surface area contributed by atoms with Crippen LogP contribution in [0, 0.1) is 0 Å². The van der Waals surface area contributed by atoms with Crippen LogP contribution >= 0.6 is 0 Å². The summed E-state index contributed by atoms with van der Waals surface area (Å²) in [6.07, 6.45) is 3.47. The second kappa shape index (κ2) is 6.37. The fourth-order valence-corrected chi connectivity index (χ4v) is 2.41. The molecule has 1 fully saturated rings.